The highest BCUT2D eigenvalue weighted by Gasteiger charge is 2.15. The van der Waals surface area contributed by atoms with E-state index in [-0.39, 0.29) is 11.8 Å². The number of aryl methyl sites for hydroxylation is 1. The molecule has 1 heterocycles. The summed E-state index contributed by atoms with van der Waals surface area (Å²) in [5.41, 5.74) is 5.07. The summed E-state index contributed by atoms with van der Waals surface area (Å²) in [5.74, 6) is -0.137. The van der Waals surface area contributed by atoms with Crippen LogP contribution in [0.5, 0.6) is 0 Å². The van der Waals surface area contributed by atoms with Crippen LogP contribution >= 0.6 is 0 Å². The van der Waals surface area contributed by atoms with Gasteiger partial charge in [0.05, 0.1) is 0 Å². The number of hydrogen-bond acceptors (Lipinski definition) is 3. The van der Waals surface area contributed by atoms with E-state index in [1.807, 2.05) is 60.7 Å². The fourth-order valence-electron chi connectivity index (χ4n) is 3.24. The molecule has 0 aliphatic carbocycles. The van der Waals surface area contributed by atoms with Gasteiger partial charge in [-0.05, 0) is 73.0 Å². The smallest absolute Gasteiger partial charge is 0.255 e. The second-order valence-electron chi connectivity index (χ2n) is 6.80. The van der Waals surface area contributed by atoms with Gasteiger partial charge in [0.25, 0.3) is 5.91 Å². The van der Waals surface area contributed by atoms with Gasteiger partial charge in [0.1, 0.15) is 0 Å². The van der Waals surface area contributed by atoms with Crippen LogP contribution in [0.2, 0.25) is 0 Å². The number of amides is 2. The molecule has 5 heteroatoms. The van der Waals surface area contributed by atoms with Gasteiger partial charge in [0.15, 0.2) is 0 Å². The highest BCUT2D eigenvalue weighted by atomic mass is 16.2. The Hall–Kier alpha value is -3.60. The summed E-state index contributed by atoms with van der Waals surface area (Å²) in [5, 5.41) is 9.13. The Morgan fingerprint density at radius 3 is 2.32 bits per heavy atom. The first-order chi connectivity index (χ1) is 13.7. The second-order valence-corrected chi connectivity index (χ2v) is 6.80. The SMILES string of the molecule is O=C1CCCc2cc(C(=O)Nc3ccc(Nc4ccccc4)cc3)ccc2N1. The first kappa shape index (κ1) is 17.8. The second kappa shape index (κ2) is 7.96. The van der Waals surface area contributed by atoms with Crippen molar-refractivity contribution in [2.24, 2.45) is 0 Å². The predicted octanol–water partition coefficient (Wildman–Crippen LogP) is 4.96. The van der Waals surface area contributed by atoms with Crippen molar-refractivity contribution < 1.29 is 9.59 Å². The van der Waals surface area contributed by atoms with Gasteiger partial charge in [-0.25, -0.2) is 0 Å². The summed E-state index contributed by atoms with van der Waals surface area (Å²) in [4.78, 5) is 24.3. The molecule has 0 atom stereocenters. The van der Waals surface area contributed by atoms with Crippen molar-refractivity contribution in [1.29, 1.82) is 0 Å². The molecule has 0 spiro atoms. The lowest BCUT2D eigenvalue weighted by atomic mass is 10.0. The zero-order valence-electron chi connectivity index (χ0n) is 15.4. The summed E-state index contributed by atoms with van der Waals surface area (Å²) in [6, 6.07) is 22.9. The molecule has 28 heavy (non-hydrogen) atoms. The van der Waals surface area contributed by atoms with Crippen LogP contribution in [0.3, 0.4) is 0 Å². The molecule has 2 amide bonds. The molecule has 3 aromatic rings. The Balaban J connectivity index is 1.43. The van der Waals surface area contributed by atoms with Crippen LogP contribution in [0.1, 0.15) is 28.8 Å². The van der Waals surface area contributed by atoms with Crippen LogP contribution in [0.4, 0.5) is 22.7 Å². The van der Waals surface area contributed by atoms with E-state index in [1.54, 1.807) is 12.1 Å². The van der Waals surface area contributed by atoms with Crippen LogP contribution in [-0.2, 0) is 11.2 Å². The first-order valence-corrected chi connectivity index (χ1v) is 9.34. The minimum Gasteiger partial charge on any atom is -0.356 e. The Morgan fingerprint density at radius 1 is 0.821 bits per heavy atom. The molecule has 0 aromatic heterocycles. The largest absolute Gasteiger partial charge is 0.356 e. The zero-order valence-corrected chi connectivity index (χ0v) is 15.4. The third-order valence-corrected chi connectivity index (χ3v) is 4.70. The first-order valence-electron chi connectivity index (χ1n) is 9.34. The Labute approximate surface area is 163 Å². The highest BCUT2D eigenvalue weighted by Crippen LogP contribution is 2.24. The standard InChI is InChI=1S/C23H21N3O2/c27-22-8-4-5-16-15-17(9-14-21(16)26-22)23(28)25-20-12-10-19(11-13-20)24-18-6-2-1-3-7-18/h1-3,6-7,9-15,24H,4-5,8H2,(H,25,28)(H,26,27). The molecule has 1 aliphatic heterocycles. The average Bonchev–Trinajstić information content (AvgIpc) is 2.90. The molecule has 3 aromatic carbocycles. The summed E-state index contributed by atoms with van der Waals surface area (Å²) in [6.07, 6.45) is 2.09. The lowest BCUT2D eigenvalue weighted by molar-refractivity contribution is -0.116. The summed E-state index contributed by atoms with van der Waals surface area (Å²) in [7, 11) is 0. The highest BCUT2D eigenvalue weighted by molar-refractivity contribution is 6.05. The zero-order chi connectivity index (χ0) is 19.3. The molecular formula is C23H21N3O2. The Kier molecular flexibility index (Phi) is 5.06. The van der Waals surface area contributed by atoms with Gasteiger partial charge in [-0.3, -0.25) is 9.59 Å². The molecule has 0 saturated heterocycles. The molecule has 0 fully saturated rings. The number of para-hydroxylation sites is 1. The van der Waals surface area contributed by atoms with Crippen molar-refractivity contribution in [3.8, 4) is 0 Å². The van der Waals surface area contributed by atoms with Crippen molar-refractivity contribution >= 4 is 34.6 Å². The molecule has 4 rings (SSSR count). The topological polar surface area (TPSA) is 70.2 Å². The van der Waals surface area contributed by atoms with E-state index >= 15 is 0 Å². The number of carbonyl (C=O) groups is 2. The molecular weight excluding hydrogens is 350 g/mol. The van der Waals surface area contributed by atoms with Crippen LogP contribution in [0, 0.1) is 0 Å². The van der Waals surface area contributed by atoms with E-state index in [9.17, 15) is 9.59 Å². The number of fused-ring (bicyclic) bond motifs is 1. The molecule has 3 N–H and O–H groups in total. The maximum Gasteiger partial charge on any atom is 0.255 e. The van der Waals surface area contributed by atoms with E-state index in [0.29, 0.717) is 12.0 Å². The average molecular weight is 371 g/mol. The number of benzene rings is 3. The predicted molar refractivity (Wildman–Crippen MR) is 112 cm³/mol. The van der Waals surface area contributed by atoms with Gasteiger partial charge in [-0.2, -0.15) is 0 Å². The summed E-state index contributed by atoms with van der Waals surface area (Å²) in [6.45, 7) is 0. The fraction of sp³-hybridized carbons (Fsp3) is 0.130. The van der Waals surface area contributed by atoms with E-state index in [1.165, 1.54) is 0 Å². The lowest BCUT2D eigenvalue weighted by Gasteiger charge is -2.11. The number of hydrogen-bond donors (Lipinski definition) is 3. The monoisotopic (exact) mass is 371 g/mol. The van der Waals surface area contributed by atoms with E-state index in [2.05, 4.69) is 16.0 Å². The molecule has 0 bridgehead atoms. The van der Waals surface area contributed by atoms with Crippen molar-refractivity contribution in [2.75, 3.05) is 16.0 Å². The number of nitrogens with one attached hydrogen (secondary N) is 3. The number of carbonyl (C=O) groups excluding carboxylic acids is 2. The number of anilines is 4. The van der Waals surface area contributed by atoms with Gasteiger partial charge in [-0.1, -0.05) is 18.2 Å². The molecule has 1 aliphatic rings. The fourth-order valence-corrected chi connectivity index (χ4v) is 3.24. The van der Waals surface area contributed by atoms with Gasteiger partial charge in [0.2, 0.25) is 5.91 Å². The molecule has 140 valence electrons. The van der Waals surface area contributed by atoms with Crippen LogP contribution in [0.15, 0.2) is 72.8 Å². The van der Waals surface area contributed by atoms with Crippen LogP contribution < -0.4 is 16.0 Å². The third-order valence-electron chi connectivity index (χ3n) is 4.70. The van der Waals surface area contributed by atoms with E-state index in [4.69, 9.17) is 0 Å². The van der Waals surface area contributed by atoms with Gasteiger partial charge in [-0.15, -0.1) is 0 Å². The molecule has 0 radical (unpaired) electrons. The molecule has 5 nitrogen and oxygen atoms in total. The summed E-state index contributed by atoms with van der Waals surface area (Å²) >= 11 is 0. The van der Waals surface area contributed by atoms with E-state index in [0.717, 1.165) is 41.2 Å². The molecule has 0 unspecified atom stereocenters. The lowest BCUT2D eigenvalue weighted by Crippen LogP contribution is -2.13. The van der Waals surface area contributed by atoms with Crippen molar-refractivity contribution in [3.05, 3.63) is 83.9 Å². The maximum absolute atomic E-state index is 12.6. The molecule has 0 saturated carbocycles. The van der Waals surface area contributed by atoms with E-state index < -0.39 is 0 Å². The minimum atomic E-state index is -0.165. The van der Waals surface area contributed by atoms with Crippen molar-refractivity contribution in [3.63, 3.8) is 0 Å². The Bertz CT molecular complexity index is 998. The van der Waals surface area contributed by atoms with Gasteiger partial charge < -0.3 is 16.0 Å². The maximum atomic E-state index is 12.6. The normalized spacial score (nSPS) is 13.1. The van der Waals surface area contributed by atoms with Gasteiger partial charge >= 0.3 is 0 Å². The van der Waals surface area contributed by atoms with Crippen LogP contribution in [0.25, 0.3) is 0 Å². The van der Waals surface area contributed by atoms with Crippen molar-refractivity contribution in [1.82, 2.24) is 0 Å². The van der Waals surface area contributed by atoms with Gasteiger partial charge in [0, 0.05) is 34.7 Å². The van der Waals surface area contributed by atoms with Crippen LogP contribution in [-0.4, -0.2) is 11.8 Å². The Morgan fingerprint density at radius 2 is 1.54 bits per heavy atom. The minimum absolute atomic E-state index is 0.0279. The summed E-state index contributed by atoms with van der Waals surface area (Å²) < 4.78 is 0. The quantitative estimate of drug-likeness (QED) is 0.607. The third kappa shape index (κ3) is 4.20. The number of rotatable bonds is 4. The van der Waals surface area contributed by atoms with Crippen molar-refractivity contribution in [2.45, 2.75) is 19.3 Å².